The molecular formula is C11H15FN2O. The zero-order valence-electron chi connectivity index (χ0n) is 8.66. The first kappa shape index (κ1) is 11.7. The van der Waals surface area contributed by atoms with Crippen molar-refractivity contribution >= 4 is 5.91 Å². The van der Waals surface area contributed by atoms with Gasteiger partial charge in [-0.15, -0.1) is 0 Å². The van der Waals surface area contributed by atoms with E-state index in [-0.39, 0.29) is 11.6 Å². The molecule has 1 amide bonds. The molecule has 0 aliphatic heterocycles. The first-order chi connectivity index (χ1) is 7.15. The van der Waals surface area contributed by atoms with Crippen molar-refractivity contribution in [3.05, 3.63) is 35.6 Å². The number of carbonyl (C=O) groups is 1. The maximum absolute atomic E-state index is 13.2. The van der Waals surface area contributed by atoms with E-state index in [1.807, 2.05) is 6.92 Å². The smallest absolute Gasteiger partial charge is 0.254 e. The normalized spacial score (nSPS) is 12.2. The van der Waals surface area contributed by atoms with Crippen molar-refractivity contribution < 1.29 is 9.18 Å². The van der Waals surface area contributed by atoms with Crippen LogP contribution in [0.1, 0.15) is 23.7 Å². The highest BCUT2D eigenvalue weighted by atomic mass is 19.1. The van der Waals surface area contributed by atoms with Gasteiger partial charge < -0.3 is 11.1 Å². The molecule has 1 unspecified atom stereocenters. The number of hydrogen-bond donors (Lipinski definition) is 2. The van der Waals surface area contributed by atoms with Crippen LogP contribution in [-0.4, -0.2) is 18.5 Å². The molecular weight excluding hydrogens is 195 g/mol. The highest BCUT2D eigenvalue weighted by Crippen LogP contribution is 2.06. The Bertz CT molecular complexity index is 341. The number of nitrogens with one attached hydrogen (secondary N) is 1. The standard InChI is InChI=1S/C11H15FN2O/c1-8(6-7-13)14-11(15)9-4-2-3-5-10(9)12/h2-5,8H,6-7,13H2,1H3,(H,14,15). The van der Waals surface area contributed by atoms with Crippen LogP contribution in [0.3, 0.4) is 0 Å². The number of amides is 1. The van der Waals surface area contributed by atoms with Gasteiger partial charge in [-0.3, -0.25) is 4.79 Å². The lowest BCUT2D eigenvalue weighted by molar-refractivity contribution is 0.0935. The average molecular weight is 210 g/mol. The van der Waals surface area contributed by atoms with Crippen LogP contribution in [0.25, 0.3) is 0 Å². The molecule has 0 aromatic heterocycles. The Hall–Kier alpha value is -1.42. The molecule has 0 heterocycles. The molecule has 1 atom stereocenters. The third-order valence-electron chi connectivity index (χ3n) is 2.10. The van der Waals surface area contributed by atoms with Gasteiger partial charge in [-0.05, 0) is 32.0 Å². The molecule has 0 aliphatic carbocycles. The highest BCUT2D eigenvalue weighted by Gasteiger charge is 2.12. The summed E-state index contributed by atoms with van der Waals surface area (Å²) in [6.45, 7) is 2.34. The Morgan fingerprint density at radius 1 is 1.53 bits per heavy atom. The van der Waals surface area contributed by atoms with Gasteiger partial charge in [-0.1, -0.05) is 12.1 Å². The third-order valence-corrected chi connectivity index (χ3v) is 2.10. The van der Waals surface area contributed by atoms with Gasteiger partial charge in [0.2, 0.25) is 0 Å². The van der Waals surface area contributed by atoms with E-state index in [4.69, 9.17) is 5.73 Å². The molecule has 0 radical (unpaired) electrons. The topological polar surface area (TPSA) is 55.1 Å². The predicted molar refractivity (Wildman–Crippen MR) is 57.0 cm³/mol. The second-order valence-electron chi connectivity index (χ2n) is 3.43. The molecule has 0 aliphatic rings. The second-order valence-corrected chi connectivity index (χ2v) is 3.43. The number of benzene rings is 1. The van der Waals surface area contributed by atoms with Crippen LogP contribution in [0, 0.1) is 5.82 Å². The summed E-state index contributed by atoms with van der Waals surface area (Å²) in [5, 5.41) is 2.68. The van der Waals surface area contributed by atoms with Crippen LogP contribution < -0.4 is 11.1 Å². The SMILES string of the molecule is CC(CCN)NC(=O)c1ccccc1F. The second kappa shape index (κ2) is 5.46. The maximum Gasteiger partial charge on any atom is 0.254 e. The fourth-order valence-corrected chi connectivity index (χ4v) is 1.27. The molecule has 0 saturated heterocycles. The molecule has 1 rings (SSSR count). The number of rotatable bonds is 4. The number of halogens is 1. The minimum absolute atomic E-state index is 0.0397. The van der Waals surface area contributed by atoms with E-state index in [1.54, 1.807) is 12.1 Å². The van der Waals surface area contributed by atoms with E-state index in [9.17, 15) is 9.18 Å². The molecule has 82 valence electrons. The predicted octanol–water partition coefficient (Wildman–Crippen LogP) is 1.29. The quantitative estimate of drug-likeness (QED) is 0.786. The minimum Gasteiger partial charge on any atom is -0.349 e. The fraction of sp³-hybridized carbons (Fsp3) is 0.364. The van der Waals surface area contributed by atoms with E-state index in [2.05, 4.69) is 5.32 Å². The third kappa shape index (κ3) is 3.32. The maximum atomic E-state index is 13.2. The van der Waals surface area contributed by atoms with Crippen LogP contribution in [-0.2, 0) is 0 Å². The zero-order valence-corrected chi connectivity index (χ0v) is 8.66. The largest absolute Gasteiger partial charge is 0.349 e. The van der Waals surface area contributed by atoms with E-state index >= 15 is 0 Å². The van der Waals surface area contributed by atoms with Crippen molar-refractivity contribution in [2.75, 3.05) is 6.54 Å². The lowest BCUT2D eigenvalue weighted by Gasteiger charge is -2.12. The van der Waals surface area contributed by atoms with Gasteiger partial charge in [0.15, 0.2) is 0 Å². The van der Waals surface area contributed by atoms with Crippen LogP contribution in [0.5, 0.6) is 0 Å². The van der Waals surface area contributed by atoms with Gasteiger partial charge in [0.25, 0.3) is 5.91 Å². The highest BCUT2D eigenvalue weighted by molar-refractivity contribution is 5.94. The summed E-state index contributed by atoms with van der Waals surface area (Å²) < 4.78 is 13.2. The van der Waals surface area contributed by atoms with Crippen LogP contribution >= 0.6 is 0 Å². The summed E-state index contributed by atoms with van der Waals surface area (Å²) in [7, 11) is 0. The van der Waals surface area contributed by atoms with Crippen molar-refractivity contribution in [3.63, 3.8) is 0 Å². The van der Waals surface area contributed by atoms with Gasteiger partial charge in [-0.25, -0.2) is 4.39 Å². The summed E-state index contributed by atoms with van der Waals surface area (Å²) in [4.78, 5) is 11.6. The molecule has 3 N–H and O–H groups in total. The molecule has 0 bridgehead atoms. The summed E-state index contributed by atoms with van der Waals surface area (Å²) in [6, 6.07) is 5.87. The molecule has 0 fully saturated rings. The van der Waals surface area contributed by atoms with E-state index in [0.29, 0.717) is 13.0 Å². The van der Waals surface area contributed by atoms with Gasteiger partial charge in [-0.2, -0.15) is 0 Å². The Kier molecular flexibility index (Phi) is 4.24. The average Bonchev–Trinajstić information content (AvgIpc) is 2.18. The van der Waals surface area contributed by atoms with Crippen LogP contribution in [0.15, 0.2) is 24.3 Å². The van der Waals surface area contributed by atoms with E-state index in [1.165, 1.54) is 12.1 Å². The lowest BCUT2D eigenvalue weighted by atomic mass is 10.1. The molecule has 0 saturated carbocycles. The molecule has 3 nitrogen and oxygen atoms in total. The van der Waals surface area contributed by atoms with Crippen molar-refractivity contribution in [2.24, 2.45) is 5.73 Å². The van der Waals surface area contributed by atoms with Crippen molar-refractivity contribution in [1.29, 1.82) is 0 Å². The Labute approximate surface area is 88.5 Å². The van der Waals surface area contributed by atoms with Gasteiger partial charge >= 0.3 is 0 Å². The van der Waals surface area contributed by atoms with Crippen molar-refractivity contribution in [3.8, 4) is 0 Å². The Morgan fingerprint density at radius 3 is 2.80 bits per heavy atom. The van der Waals surface area contributed by atoms with Gasteiger partial charge in [0, 0.05) is 6.04 Å². The Balaban J connectivity index is 2.65. The fourth-order valence-electron chi connectivity index (χ4n) is 1.27. The van der Waals surface area contributed by atoms with Crippen LogP contribution in [0.2, 0.25) is 0 Å². The minimum atomic E-state index is -0.505. The van der Waals surface area contributed by atoms with E-state index in [0.717, 1.165) is 0 Å². The first-order valence-corrected chi connectivity index (χ1v) is 4.90. The summed E-state index contributed by atoms with van der Waals surface area (Å²) >= 11 is 0. The monoisotopic (exact) mass is 210 g/mol. The molecule has 1 aromatic rings. The zero-order chi connectivity index (χ0) is 11.3. The molecule has 4 heteroatoms. The molecule has 1 aromatic carbocycles. The number of carbonyl (C=O) groups excluding carboxylic acids is 1. The van der Waals surface area contributed by atoms with Crippen molar-refractivity contribution in [1.82, 2.24) is 5.32 Å². The van der Waals surface area contributed by atoms with Crippen LogP contribution in [0.4, 0.5) is 4.39 Å². The van der Waals surface area contributed by atoms with Gasteiger partial charge in [0.05, 0.1) is 5.56 Å². The molecule has 0 spiro atoms. The summed E-state index contributed by atoms with van der Waals surface area (Å²) in [6.07, 6.45) is 0.681. The number of hydrogen-bond acceptors (Lipinski definition) is 2. The van der Waals surface area contributed by atoms with Gasteiger partial charge in [0.1, 0.15) is 5.82 Å². The van der Waals surface area contributed by atoms with E-state index < -0.39 is 11.7 Å². The summed E-state index contributed by atoms with van der Waals surface area (Å²) in [5.74, 6) is -0.899. The number of nitrogens with two attached hydrogens (primary N) is 1. The Morgan fingerprint density at radius 2 is 2.20 bits per heavy atom. The van der Waals surface area contributed by atoms with Crippen molar-refractivity contribution in [2.45, 2.75) is 19.4 Å². The lowest BCUT2D eigenvalue weighted by Crippen LogP contribution is -2.34. The summed E-state index contributed by atoms with van der Waals surface area (Å²) in [5.41, 5.74) is 5.42. The first-order valence-electron chi connectivity index (χ1n) is 4.90. The molecule has 15 heavy (non-hydrogen) atoms.